The van der Waals surface area contributed by atoms with Gasteiger partial charge in [0.1, 0.15) is 12.4 Å². The lowest BCUT2D eigenvalue weighted by Crippen LogP contribution is -2.40. The number of amides is 1. The Labute approximate surface area is 251 Å². The Hall–Kier alpha value is -3.72. The molecule has 2 aromatic carbocycles. The lowest BCUT2D eigenvalue weighted by Gasteiger charge is -2.30. The number of anilines is 4. The largest absolute Gasteiger partial charge is 0.492 e. The van der Waals surface area contributed by atoms with Gasteiger partial charge in [0, 0.05) is 31.9 Å². The monoisotopic (exact) mass is 608 g/mol. The Balaban J connectivity index is 1.08. The normalized spacial score (nSPS) is 15.5. The second kappa shape index (κ2) is 14.0. The van der Waals surface area contributed by atoms with Gasteiger partial charge in [-0.2, -0.15) is 15.0 Å². The van der Waals surface area contributed by atoms with Crippen LogP contribution in [-0.2, 0) is 14.3 Å². The van der Waals surface area contributed by atoms with E-state index in [0.29, 0.717) is 57.4 Å². The molecule has 6 rings (SSSR count). The number of hydrogen-bond acceptors (Lipinski definition) is 13. The summed E-state index contributed by atoms with van der Waals surface area (Å²) in [6.45, 7) is 6.39. The minimum atomic E-state index is -0.0553. The predicted octanol–water partition coefficient (Wildman–Crippen LogP) is 3.19. The molecule has 2 aromatic heterocycles. The molecule has 0 saturated carbocycles. The molecule has 12 nitrogen and oxygen atoms in total. The van der Waals surface area contributed by atoms with Gasteiger partial charge in [0.25, 0.3) is 0 Å². The predicted molar refractivity (Wildman–Crippen MR) is 164 cm³/mol. The molecule has 0 aliphatic carbocycles. The molecule has 0 radical (unpaired) electrons. The molecular weight excluding hydrogens is 576 g/mol. The van der Waals surface area contributed by atoms with Gasteiger partial charge in [0.2, 0.25) is 23.8 Å². The van der Waals surface area contributed by atoms with Crippen LogP contribution in [0.1, 0.15) is 0 Å². The van der Waals surface area contributed by atoms with E-state index >= 15 is 0 Å². The number of nitrogens with one attached hydrogen (secondary N) is 2. The smallest absolute Gasteiger partial charge is 0.233 e. The number of carbonyl (C=O) groups excluding carboxylic acids is 1. The van der Waals surface area contributed by atoms with Gasteiger partial charge in [-0.25, -0.2) is 4.98 Å². The van der Waals surface area contributed by atoms with E-state index in [-0.39, 0.29) is 11.7 Å². The van der Waals surface area contributed by atoms with Crippen LogP contribution in [0.15, 0.2) is 52.9 Å². The number of morpholine rings is 2. The molecule has 14 heteroatoms. The first-order chi connectivity index (χ1) is 20.7. The zero-order valence-electron chi connectivity index (χ0n) is 23.0. The fraction of sp³-hybridized carbons (Fsp3) is 0.393. The summed E-state index contributed by atoms with van der Waals surface area (Å²) in [5.74, 6) is 2.78. The van der Waals surface area contributed by atoms with Gasteiger partial charge in [-0.1, -0.05) is 30.0 Å². The Morgan fingerprint density at radius 2 is 1.60 bits per heavy atom. The van der Waals surface area contributed by atoms with Crippen LogP contribution >= 0.6 is 23.1 Å². The SMILES string of the molecule is O=C(CSc1nc2ccc(Nc3nc(N4CCOCC4)nc(N4CCOCC4)n3)cc2s1)NCCOc1ccccc1. The molecule has 4 aromatic rings. The summed E-state index contributed by atoms with van der Waals surface area (Å²) in [5, 5.41) is 6.27. The third kappa shape index (κ3) is 7.56. The van der Waals surface area contributed by atoms with Crippen molar-refractivity contribution in [2.75, 3.05) is 86.6 Å². The molecule has 2 N–H and O–H groups in total. The van der Waals surface area contributed by atoms with Crippen molar-refractivity contribution in [1.82, 2.24) is 25.3 Å². The molecule has 1 amide bonds. The number of nitrogens with zero attached hydrogens (tertiary/aromatic N) is 6. The van der Waals surface area contributed by atoms with Crippen LogP contribution in [0.2, 0.25) is 0 Å². The van der Waals surface area contributed by atoms with E-state index in [1.807, 2.05) is 48.5 Å². The van der Waals surface area contributed by atoms with Crippen molar-refractivity contribution >= 4 is 62.8 Å². The van der Waals surface area contributed by atoms with Crippen molar-refractivity contribution in [3.8, 4) is 5.75 Å². The summed E-state index contributed by atoms with van der Waals surface area (Å²) in [4.78, 5) is 35.5. The average molecular weight is 609 g/mol. The van der Waals surface area contributed by atoms with Crippen molar-refractivity contribution < 1.29 is 19.0 Å². The van der Waals surface area contributed by atoms with Gasteiger partial charge in [0.05, 0.1) is 48.9 Å². The number of ether oxygens (including phenoxy) is 3. The molecule has 2 saturated heterocycles. The quantitative estimate of drug-likeness (QED) is 0.192. The maximum atomic E-state index is 12.3. The van der Waals surface area contributed by atoms with Crippen molar-refractivity contribution in [2.24, 2.45) is 0 Å². The maximum absolute atomic E-state index is 12.3. The topological polar surface area (TPSA) is 127 Å². The Morgan fingerprint density at radius 3 is 2.29 bits per heavy atom. The lowest BCUT2D eigenvalue weighted by molar-refractivity contribution is -0.118. The molecule has 2 aliphatic rings. The van der Waals surface area contributed by atoms with Gasteiger partial charge in [-0.15, -0.1) is 11.3 Å². The molecule has 0 atom stereocenters. The Bertz CT molecular complexity index is 1440. The van der Waals surface area contributed by atoms with E-state index < -0.39 is 0 Å². The summed E-state index contributed by atoms with van der Waals surface area (Å²) < 4.78 is 18.5. The highest BCUT2D eigenvalue weighted by molar-refractivity contribution is 8.01. The Morgan fingerprint density at radius 1 is 0.905 bits per heavy atom. The lowest BCUT2D eigenvalue weighted by atomic mass is 10.3. The van der Waals surface area contributed by atoms with Crippen LogP contribution in [0, 0.1) is 0 Å². The fourth-order valence-electron chi connectivity index (χ4n) is 4.45. The first kappa shape index (κ1) is 28.4. The number of thiazole rings is 1. The molecule has 0 spiro atoms. The van der Waals surface area contributed by atoms with Gasteiger partial charge in [-0.05, 0) is 30.3 Å². The molecule has 220 valence electrons. The fourth-order valence-corrected chi connectivity index (χ4v) is 6.38. The van der Waals surface area contributed by atoms with Crippen LogP contribution < -0.4 is 25.2 Å². The second-order valence-electron chi connectivity index (χ2n) is 9.55. The third-order valence-corrected chi connectivity index (χ3v) is 8.75. The van der Waals surface area contributed by atoms with Gasteiger partial charge in [0.15, 0.2) is 4.34 Å². The van der Waals surface area contributed by atoms with Gasteiger partial charge in [-0.3, -0.25) is 4.79 Å². The average Bonchev–Trinajstić information content (AvgIpc) is 3.46. The molecule has 42 heavy (non-hydrogen) atoms. The standard InChI is InChI=1S/C28H32N8O4S2/c37-24(29-8-13-40-21-4-2-1-3-5-21)19-41-28-31-22-7-6-20(18-23(22)42-28)30-25-32-26(35-9-14-38-15-10-35)34-27(33-25)36-11-16-39-17-12-36/h1-7,18H,8-17,19H2,(H,29,37)(H,30,32,33,34). The summed E-state index contributed by atoms with van der Waals surface area (Å²) >= 11 is 2.97. The van der Waals surface area contributed by atoms with Gasteiger partial charge >= 0.3 is 0 Å². The molecule has 4 heterocycles. The molecule has 2 fully saturated rings. The number of thioether (sulfide) groups is 1. The number of benzene rings is 2. The summed E-state index contributed by atoms with van der Waals surface area (Å²) in [6, 6.07) is 15.5. The molecule has 0 unspecified atom stereocenters. The van der Waals surface area contributed by atoms with E-state index in [2.05, 4.69) is 20.4 Å². The number of carbonyl (C=O) groups is 1. The number of aromatic nitrogens is 4. The van der Waals surface area contributed by atoms with Crippen molar-refractivity contribution in [1.29, 1.82) is 0 Å². The number of rotatable bonds is 11. The van der Waals surface area contributed by atoms with Crippen LogP contribution in [0.25, 0.3) is 10.2 Å². The van der Waals surface area contributed by atoms with Crippen molar-refractivity contribution in [3.05, 3.63) is 48.5 Å². The first-order valence-electron chi connectivity index (χ1n) is 13.9. The van der Waals surface area contributed by atoms with Crippen LogP contribution in [0.3, 0.4) is 0 Å². The highest BCUT2D eigenvalue weighted by Crippen LogP contribution is 2.32. The maximum Gasteiger partial charge on any atom is 0.233 e. The number of fused-ring (bicyclic) bond motifs is 1. The van der Waals surface area contributed by atoms with E-state index in [0.717, 1.165) is 52.2 Å². The van der Waals surface area contributed by atoms with Crippen LogP contribution in [0.4, 0.5) is 23.5 Å². The minimum absolute atomic E-state index is 0.0553. The van der Waals surface area contributed by atoms with E-state index in [9.17, 15) is 4.79 Å². The van der Waals surface area contributed by atoms with Gasteiger partial charge < -0.3 is 34.6 Å². The Kier molecular flexibility index (Phi) is 9.44. The summed E-state index contributed by atoms with van der Waals surface area (Å²) in [5.41, 5.74) is 1.73. The van der Waals surface area contributed by atoms with Crippen molar-refractivity contribution in [2.45, 2.75) is 4.34 Å². The number of para-hydroxylation sites is 1. The second-order valence-corrected chi connectivity index (χ2v) is 11.8. The van der Waals surface area contributed by atoms with Crippen LogP contribution in [-0.4, -0.2) is 97.4 Å². The highest BCUT2D eigenvalue weighted by Gasteiger charge is 2.21. The van der Waals surface area contributed by atoms with E-state index in [1.165, 1.54) is 11.8 Å². The first-order valence-corrected chi connectivity index (χ1v) is 15.7. The molecule has 0 bridgehead atoms. The van der Waals surface area contributed by atoms with Crippen LogP contribution in [0.5, 0.6) is 5.75 Å². The zero-order chi connectivity index (χ0) is 28.6. The van der Waals surface area contributed by atoms with Crippen molar-refractivity contribution in [3.63, 3.8) is 0 Å². The molecular formula is C28H32N8O4S2. The summed E-state index contributed by atoms with van der Waals surface area (Å²) in [7, 11) is 0. The zero-order valence-corrected chi connectivity index (χ0v) is 24.7. The number of hydrogen-bond donors (Lipinski definition) is 2. The third-order valence-electron chi connectivity index (χ3n) is 6.59. The minimum Gasteiger partial charge on any atom is -0.492 e. The van der Waals surface area contributed by atoms with E-state index in [4.69, 9.17) is 34.1 Å². The highest BCUT2D eigenvalue weighted by atomic mass is 32.2. The molecule has 2 aliphatic heterocycles. The van der Waals surface area contributed by atoms with E-state index in [1.54, 1.807) is 11.3 Å². The summed E-state index contributed by atoms with van der Waals surface area (Å²) in [6.07, 6.45) is 0.